The first-order valence-corrected chi connectivity index (χ1v) is 10.1. The number of aromatic nitrogens is 2. The largest absolute Gasteiger partial charge is 0.345 e. The second-order valence-electron chi connectivity index (χ2n) is 8.56. The van der Waals surface area contributed by atoms with Gasteiger partial charge in [-0.15, -0.1) is 0 Å². The summed E-state index contributed by atoms with van der Waals surface area (Å²) in [7, 11) is 0. The first-order valence-electron chi connectivity index (χ1n) is 10.1. The quantitative estimate of drug-likeness (QED) is 0.722. The van der Waals surface area contributed by atoms with Crippen LogP contribution in [0.4, 0.5) is 0 Å². The molecule has 2 unspecified atom stereocenters. The molecule has 1 aliphatic carbocycles. The number of carbonyl (C=O) groups excluding carboxylic acids is 1. The predicted molar refractivity (Wildman–Crippen MR) is 110 cm³/mol. The van der Waals surface area contributed by atoms with E-state index < -0.39 is 0 Å². The first kappa shape index (κ1) is 17.4. The molecule has 0 radical (unpaired) electrons. The third-order valence-corrected chi connectivity index (χ3v) is 7.24. The maximum Gasteiger partial charge on any atom is 0.254 e. The summed E-state index contributed by atoms with van der Waals surface area (Å²) in [6, 6.07) is 12.6. The van der Waals surface area contributed by atoms with E-state index in [2.05, 4.69) is 46.9 Å². The highest BCUT2D eigenvalue weighted by Gasteiger charge is 2.49. The topological polar surface area (TPSA) is 75.0 Å². The van der Waals surface area contributed by atoms with Gasteiger partial charge in [0.25, 0.3) is 5.91 Å². The molecule has 144 valence electrons. The number of carbonyl (C=O) groups is 1. The minimum absolute atomic E-state index is 0.0908. The van der Waals surface area contributed by atoms with Gasteiger partial charge in [0.1, 0.15) is 0 Å². The molecule has 2 aliphatic rings. The number of piperidine rings is 1. The molecule has 5 rings (SSSR count). The Morgan fingerprint density at radius 3 is 3.00 bits per heavy atom. The molecule has 2 aromatic carbocycles. The lowest BCUT2D eigenvalue weighted by atomic mass is 9.59. The van der Waals surface area contributed by atoms with Crippen LogP contribution in [-0.2, 0) is 18.4 Å². The standard InChI is InChI=1S/C23H26N4O/c1-14-21-11-16-4-3-15(12-24)9-18(16)23(14,2)7-8-27(21)22(28)17-5-6-19-20(10-17)26-13-25-19/h3-6,9-10,13-14,21H,7-8,11-12,24H2,1-2H3,(H,25,26)/t14?,21?,23-/m1/s1. The van der Waals surface area contributed by atoms with Crippen molar-refractivity contribution in [1.29, 1.82) is 0 Å². The number of likely N-dealkylation sites (tertiary alicyclic amines) is 1. The molecule has 1 fully saturated rings. The van der Waals surface area contributed by atoms with E-state index in [1.54, 1.807) is 6.33 Å². The maximum absolute atomic E-state index is 13.4. The Morgan fingerprint density at radius 2 is 2.18 bits per heavy atom. The third-order valence-electron chi connectivity index (χ3n) is 7.24. The number of H-pyrrole nitrogens is 1. The predicted octanol–water partition coefficient (Wildman–Crippen LogP) is 3.39. The first-order chi connectivity index (χ1) is 13.5. The lowest BCUT2D eigenvalue weighted by Gasteiger charge is -2.54. The molecule has 1 aromatic heterocycles. The molecule has 1 aliphatic heterocycles. The van der Waals surface area contributed by atoms with Crippen molar-refractivity contribution in [1.82, 2.24) is 14.9 Å². The molecule has 5 nitrogen and oxygen atoms in total. The summed E-state index contributed by atoms with van der Waals surface area (Å²) >= 11 is 0. The number of fused-ring (bicyclic) bond motifs is 5. The normalized spacial score (nSPS) is 26.3. The lowest BCUT2D eigenvalue weighted by Crippen LogP contribution is -2.59. The van der Waals surface area contributed by atoms with E-state index in [0.717, 1.165) is 36.0 Å². The van der Waals surface area contributed by atoms with Crippen molar-refractivity contribution >= 4 is 16.9 Å². The van der Waals surface area contributed by atoms with Crippen LogP contribution in [0.5, 0.6) is 0 Å². The molecule has 28 heavy (non-hydrogen) atoms. The summed E-state index contributed by atoms with van der Waals surface area (Å²) in [6.07, 6.45) is 3.56. The number of aromatic amines is 1. The average molecular weight is 374 g/mol. The summed E-state index contributed by atoms with van der Waals surface area (Å²) in [5, 5.41) is 0. The fourth-order valence-electron chi connectivity index (χ4n) is 5.28. The molecular weight excluding hydrogens is 348 g/mol. The number of nitrogens with zero attached hydrogens (tertiary/aromatic N) is 2. The monoisotopic (exact) mass is 374 g/mol. The second kappa shape index (κ2) is 6.17. The van der Waals surface area contributed by atoms with Gasteiger partial charge >= 0.3 is 0 Å². The maximum atomic E-state index is 13.4. The Morgan fingerprint density at radius 1 is 1.32 bits per heavy atom. The summed E-state index contributed by atoms with van der Waals surface area (Å²) < 4.78 is 0. The highest BCUT2D eigenvalue weighted by atomic mass is 16.2. The molecule has 1 saturated heterocycles. The molecule has 3 aromatic rings. The number of nitrogens with two attached hydrogens (primary N) is 1. The van der Waals surface area contributed by atoms with E-state index in [9.17, 15) is 4.79 Å². The van der Waals surface area contributed by atoms with Gasteiger partial charge in [-0.3, -0.25) is 4.79 Å². The smallest absolute Gasteiger partial charge is 0.254 e. The van der Waals surface area contributed by atoms with Crippen molar-refractivity contribution < 1.29 is 4.79 Å². The van der Waals surface area contributed by atoms with E-state index >= 15 is 0 Å². The number of rotatable bonds is 2. The van der Waals surface area contributed by atoms with Crippen molar-refractivity contribution in [2.24, 2.45) is 11.7 Å². The number of hydrogen-bond acceptors (Lipinski definition) is 3. The van der Waals surface area contributed by atoms with Crippen LogP contribution in [0.15, 0.2) is 42.7 Å². The highest BCUT2D eigenvalue weighted by Crippen LogP contribution is 2.49. The minimum Gasteiger partial charge on any atom is -0.345 e. The Balaban J connectivity index is 1.51. The van der Waals surface area contributed by atoms with E-state index in [1.165, 1.54) is 16.7 Å². The lowest BCUT2D eigenvalue weighted by molar-refractivity contribution is 0.0250. The van der Waals surface area contributed by atoms with E-state index in [-0.39, 0.29) is 17.4 Å². The van der Waals surface area contributed by atoms with Crippen molar-refractivity contribution in [2.45, 2.75) is 44.7 Å². The summed E-state index contributed by atoms with van der Waals surface area (Å²) in [4.78, 5) is 22.9. The third kappa shape index (κ3) is 2.42. The number of imidazole rings is 1. The zero-order valence-electron chi connectivity index (χ0n) is 16.4. The summed E-state index contributed by atoms with van der Waals surface area (Å²) in [5.41, 5.74) is 12.5. The van der Waals surface area contributed by atoms with Crippen LogP contribution in [0.3, 0.4) is 0 Å². The fourth-order valence-corrected chi connectivity index (χ4v) is 5.28. The van der Waals surface area contributed by atoms with Crippen LogP contribution in [0.25, 0.3) is 11.0 Å². The molecular formula is C23H26N4O. The molecule has 2 bridgehead atoms. The van der Waals surface area contributed by atoms with Crippen molar-refractivity contribution in [3.05, 3.63) is 65.0 Å². The molecule has 3 N–H and O–H groups in total. The number of hydrogen-bond donors (Lipinski definition) is 2. The van der Waals surface area contributed by atoms with Gasteiger partial charge in [-0.25, -0.2) is 4.98 Å². The van der Waals surface area contributed by atoms with Crippen LogP contribution in [0.2, 0.25) is 0 Å². The van der Waals surface area contributed by atoms with E-state index in [1.807, 2.05) is 18.2 Å². The van der Waals surface area contributed by atoms with Crippen LogP contribution in [-0.4, -0.2) is 33.4 Å². The van der Waals surface area contributed by atoms with E-state index in [4.69, 9.17) is 5.73 Å². The SMILES string of the molecule is CC1C2Cc3ccc(CN)cc3[C@]1(C)CCN2C(=O)c1ccc2nc[nH]c2c1. The van der Waals surface area contributed by atoms with E-state index in [0.29, 0.717) is 12.5 Å². The van der Waals surface area contributed by atoms with Gasteiger partial charge in [0.05, 0.1) is 17.4 Å². The van der Waals surface area contributed by atoms with Gasteiger partial charge in [-0.2, -0.15) is 0 Å². The fraction of sp³-hybridized carbons (Fsp3) is 0.391. The van der Waals surface area contributed by atoms with Crippen LogP contribution in [0, 0.1) is 5.92 Å². The Labute approximate surface area is 164 Å². The molecule has 2 heterocycles. The van der Waals surface area contributed by atoms with Crippen molar-refractivity contribution in [2.75, 3.05) is 6.54 Å². The van der Waals surface area contributed by atoms with Gasteiger partial charge in [0, 0.05) is 24.7 Å². The number of amides is 1. The van der Waals surface area contributed by atoms with Crippen LogP contribution >= 0.6 is 0 Å². The molecule has 1 amide bonds. The Kier molecular flexibility index (Phi) is 3.85. The zero-order valence-corrected chi connectivity index (χ0v) is 16.4. The van der Waals surface area contributed by atoms with Crippen molar-refractivity contribution in [3.8, 4) is 0 Å². The van der Waals surface area contributed by atoms with Gasteiger partial charge in [0.15, 0.2) is 0 Å². The number of nitrogens with one attached hydrogen (secondary N) is 1. The Hall–Kier alpha value is -2.66. The molecule has 0 spiro atoms. The molecule has 5 heteroatoms. The summed E-state index contributed by atoms with van der Waals surface area (Å²) in [5.74, 6) is 0.527. The van der Waals surface area contributed by atoms with Crippen LogP contribution in [0.1, 0.15) is 47.3 Å². The minimum atomic E-state index is 0.0908. The average Bonchev–Trinajstić information content (AvgIpc) is 3.18. The Bertz CT molecular complexity index is 1070. The van der Waals surface area contributed by atoms with Gasteiger partial charge < -0.3 is 15.6 Å². The number of benzene rings is 2. The summed E-state index contributed by atoms with van der Waals surface area (Å²) in [6.45, 7) is 6.03. The second-order valence-corrected chi connectivity index (χ2v) is 8.56. The highest BCUT2D eigenvalue weighted by molar-refractivity contribution is 5.97. The molecule has 0 saturated carbocycles. The van der Waals surface area contributed by atoms with Crippen LogP contribution < -0.4 is 5.73 Å². The van der Waals surface area contributed by atoms with Gasteiger partial charge in [-0.05, 0) is 59.1 Å². The zero-order chi connectivity index (χ0) is 19.5. The van der Waals surface area contributed by atoms with Crippen molar-refractivity contribution in [3.63, 3.8) is 0 Å². The molecule has 3 atom stereocenters. The van der Waals surface area contributed by atoms with Gasteiger partial charge in [-0.1, -0.05) is 32.0 Å². The van der Waals surface area contributed by atoms with Gasteiger partial charge in [0.2, 0.25) is 0 Å².